The highest BCUT2D eigenvalue weighted by molar-refractivity contribution is 9.10. The van der Waals surface area contributed by atoms with E-state index in [2.05, 4.69) is 15.9 Å². The third kappa shape index (κ3) is 4.18. The van der Waals surface area contributed by atoms with Crippen molar-refractivity contribution in [2.45, 2.75) is 12.5 Å². The third-order valence-corrected chi connectivity index (χ3v) is 5.25. The van der Waals surface area contributed by atoms with Crippen LogP contribution in [-0.2, 0) is 9.59 Å². The number of likely N-dealkylation sites (tertiary alicyclic amines) is 1. The van der Waals surface area contributed by atoms with Crippen molar-refractivity contribution in [1.29, 1.82) is 0 Å². The van der Waals surface area contributed by atoms with Crippen LogP contribution in [0.3, 0.4) is 0 Å². The van der Waals surface area contributed by atoms with E-state index in [-0.39, 0.29) is 11.3 Å². The number of hydrogen-bond acceptors (Lipinski definition) is 4. The summed E-state index contributed by atoms with van der Waals surface area (Å²) in [6.07, 6.45) is 0.732. The molecule has 6 heteroatoms. The lowest BCUT2D eigenvalue weighted by Crippen LogP contribution is -2.32. The van der Waals surface area contributed by atoms with E-state index in [4.69, 9.17) is 0 Å². The Labute approximate surface area is 173 Å². The molecule has 1 fully saturated rings. The third-order valence-electron chi connectivity index (χ3n) is 4.76. The smallest absolute Gasteiger partial charge is 0.295 e. The van der Waals surface area contributed by atoms with Gasteiger partial charge in [-0.25, -0.2) is 0 Å². The normalized spacial score (nSPS) is 18.9. The zero-order valence-electron chi connectivity index (χ0n) is 15.9. The van der Waals surface area contributed by atoms with E-state index in [1.54, 1.807) is 29.2 Å². The van der Waals surface area contributed by atoms with Gasteiger partial charge in [-0.3, -0.25) is 9.59 Å². The Morgan fingerprint density at radius 2 is 1.82 bits per heavy atom. The van der Waals surface area contributed by atoms with Gasteiger partial charge in [-0.05, 0) is 44.8 Å². The van der Waals surface area contributed by atoms with Crippen LogP contribution in [0.15, 0.2) is 64.6 Å². The molecule has 1 aliphatic heterocycles. The average molecular weight is 443 g/mol. The second-order valence-corrected chi connectivity index (χ2v) is 7.99. The molecular weight excluding hydrogens is 420 g/mol. The van der Waals surface area contributed by atoms with Gasteiger partial charge in [0.15, 0.2) is 0 Å². The minimum Gasteiger partial charge on any atom is -0.507 e. The van der Waals surface area contributed by atoms with Gasteiger partial charge in [0.05, 0.1) is 11.6 Å². The molecule has 2 aromatic carbocycles. The first-order valence-electron chi connectivity index (χ1n) is 9.14. The van der Waals surface area contributed by atoms with Crippen molar-refractivity contribution in [1.82, 2.24) is 9.80 Å². The van der Waals surface area contributed by atoms with Crippen LogP contribution in [0.4, 0.5) is 0 Å². The van der Waals surface area contributed by atoms with Crippen LogP contribution in [0.2, 0.25) is 0 Å². The Hall–Kier alpha value is -2.44. The molecule has 0 bridgehead atoms. The number of halogens is 1. The number of ketones is 1. The predicted molar refractivity (Wildman–Crippen MR) is 113 cm³/mol. The lowest BCUT2D eigenvalue weighted by atomic mass is 9.95. The summed E-state index contributed by atoms with van der Waals surface area (Å²) in [4.78, 5) is 29.3. The largest absolute Gasteiger partial charge is 0.507 e. The minimum atomic E-state index is -0.642. The quantitative estimate of drug-likeness (QED) is 0.419. The van der Waals surface area contributed by atoms with Gasteiger partial charge in [-0.15, -0.1) is 0 Å². The molecule has 0 spiro atoms. The number of amides is 1. The van der Waals surface area contributed by atoms with Crippen LogP contribution < -0.4 is 0 Å². The molecule has 1 amide bonds. The summed E-state index contributed by atoms with van der Waals surface area (Å²) in [5.41, 5.74) is 1.45. The molecule has 0 radical (unpaired) electrons. The number of hydrogen-bond donors (Lipinski definition) is 1. The van der Waals surface area contributed by atoms with Crippen molar-refractivity contribution >= 4 is 33.4 Å². The molecule has 146 valence electrons. The van der Waals surface area contributed by atoms with Gasteiger partial charge in [0, 0.05) is 16.6 Å². The van der Waals surface area contributed by atoms with Crippen LogP contribution in [0.1, 0.15) is 23.6 Å². The van der Waals surface area contributed by atoms with Crippen molar-refractivity contribution in [2.24, 2.45) is 0 Å². The Bertz CT molecular complexity index is 909. The van der Waals surface area contributed by atoms with Crippen LogP contribution >= 0.6 is 15.9 Å². The highest BCUT2D eigenvalue weighted by Gasteiger charge is 2.45. The van der Waals surface area contributed by atoms with Crippen molar-refractivity contribution in [2.75, 3.05) is 27.2 Å². The van der Waals surface area contributed by atoms with E-state index in [0.717, 1.165) is 23.0 Å². The summed E-state index contributed by atoms with van der Waals surface area (Å²) >= 11 is 3.46. The molecule has 28 heavy (non-hydrogen) atoms. The van der Waals surface area contributed by atoms with Gasteiger partial charge in [0.1, 0.15) is 5.76 Å². The van der Waals surface area contributed by atoms with Crippen LogP contribution in [0.25, 0.3) is 5.76 Å². The number of nitrogens with zero attached hydrogens (tertiary/aromatic N) is 2. The summed E-state index contributed by atoms with van der Waals surface area (Å²) in [5.74, 6) is -1.35. The number of rotatable bonds is 6. The second kappa shape index (κ2) is 8.71. The van der Waals surface area contributed by atoms with Crippen molar-refractivity contribution in [3.05, 3.63) is 75.8 Å². The first-order chi connectivity index (χ1) is 13.4. The lowest BCUT2D eigenvalue weighted by molar-refractivity contribution is -0.139. The molecule has 5 nitrogen and oxygen atoms in total. The molecular formula is C22H23BrN2O3. The van der Waals surface area contributed by atoms with E-state index in [9.17, 15) is 14.7 Å². The standard InChI is InChI=1S/C22H23BrN2O3/c1-24(2)12-7-13-25-19(16-10-6-11-17(23)14-16)18(21(27)22(25)28)20(26)15-8-4-3-5-9-15/h3-6,8-11,14,19,26H,7,12-13H2,1-2H3/b20-18+. The number of aliphatic hydroxyl groups is 1. The van der Waals surface area contributed by atoms with E-state index in [1.165, 1.54) is 0 Å². The molecule has 1 N–H and O–H groups in total. The maximum Gasteiger partial charge on any atom is 0.295 e. The summed E-state index contributed by atoms with van der Waals surface area (Å²) in [5, 5.41) is 10.9. The predicted octanol–water partition coefficient (Wildman–Crippen LogP) is 3.82. The second-order valence-electron chi connectivity index (χ2n) is 7.07. The zero-order valence-corrected chi connectivity index (χ0v) is 17.5. The Morgan fingerprint density at radius 1 is 1.11 bits per heavy atom. The van der Waals surface area contributed by atoms with Gasteiger partial charge in [-0.1, -0.05) is 58.4 Å². The first kappa shape index (κ1) is 20.3. The Morgan fingerprint density at radius 3 is 2.46 bits per heavy atom. The summed E-state index contributed by atoms with van der Waals surface area (Å²) in [6.45, 7) is 1.23. The molecule has 1 heterocycles. The summed E-state index contributed by atoms with van der Waals surface area (Å²) in [7, 11) is 3.94. The van der Waals surface area contributed by atoms with Crippen LogP contribution in [0.5, 0.6) is 0 Å². The Balaban J connectivity index is 2.08. The molecule has 1 unspecified atom stereocenters. The summed E-state index contributed by atoms with van der Waals surface area (Å²) in [6, 6.07) is 15.8. The maximum atomic E-state index is 12.9. The Kier molecular flexibility index (Phi) is 6.31. The van der Waals surface area contributed by atoms with E-state index in [1.807, 2.05) is 49.3 Å². The zero-order chi connectivity index (χ0) is 20.3. The number of benzene rings is 2. The highest BCUT2D eigenvalue weighted by Crippen LogP contribution is 2.40. The van der Waals surface area contributed by atoms with Gasteiger partial charge in [-0.2, -0.15) is 0 Å². The number of aliphatic hydroxyl groups excluding tert-OH is 1. The molecule has 0 aromatic heterocycles. The number of Topliss-reactive ketones (excluding diaryl/α,β-unsaturated/α-hetero) is 1. The SMILES string of the molecule is CN(C)CCCN1C(=O)C(=O)/C(=C(/O)c2ccccc2)C1c1cccc(Br)c1. The number of carbonyl (C=O) groups excluding carboxylic acids is 2. The molecule has 1 aliphatic rings. The van der Waals surface area contributed by atoms with E-state index in [0.29, 0.717) is 12.1 Å². The van der Waals surface area contributed by atoms with Gasteiger partial charge in [0.25, 0.3) is 11.7 Å². The van der Waals surface area contributed by atoms with E-state index < -0.39 is 17.7 Å². The monoisotopic (exact) mass is 442 g/mol. The molecule has 0 saturated carbocycles. The highest BCUT2D eigenvalue weighted by atomic mass is 79.9. The van der Waals surface area contributed by atoms with Crippen molar-refractivity contribution in [3.8, 4) is 0 Å². The van der Waals surface area contributed by atoms with Gasteiger partial charge < -0.3 is 14.9 Å². The molecule has 0 aliphatic carbocycles. The first-order valence-corrected chi connectivity index (χ1v) is 9.93. The molecule has 3 rings (SSSR count). The average Bonchev–Trinajstić information content (AvgIpc) is 2.93. The lowest BCUT2D eigenvalue weighted by Gasteiger charge is -2.26. The molecule has 1 atom stereocenters. The fourth-order valence-electron chi connectivity index (χ4n) is 3.44. The fraction of sp³-hybridized carbons (Fsp3) is 0.273. The molecule has 1 saturated heterocycles. The topological polar surface area (TPSA) is 60.9 Å². The molecule has 2 aromatic rings. The van der Waals surface area contributed by atoms with Crippen molar-refractivity contribution < 1.29 is 14.7 Å². The summed E-state index contributed by atoms with van der Waals surface area (Å²) < 4.78 is 0.851. The maximum absolute atomic E-state index is 12.9. The minimum absolute atomic E-state index is 0.138. The van der Waals surface area contributed by atoms with Gasteiger partial charge in [0.2, 0.25) is 0 Å². The fourth-order valence-corrected chi connectivity index (χ4v) is 3.86. The van der Waals surface area contributed by atoms with Gasteiger partial charge >= 0.3 is 0 Å². The van der Waals surface area contributed by atoms with E-state index >= 15 is 0 Å². The number of carbonyl (C=O) groups is 2. The van der Waals surface area contributed by atoms with Crippen LogP contribution in [0, 0.1) is 0 Å². The van der Waals surface area contributed by atoms with Crippen molar-refractivity contribution in [3.63, 3.8) is 0 Å². The van der Waals surface area contributed by atoms with Crippen LogP contribution in [-0.4, -0.2) is 53.8 Å².